The third-order valence-corrected chi connectivity index (χ3v) is 21.0. The van der Waals surface area contributed by atoms with Crippen LogP contribution in [-0.4, -0.2) is 337 Å². The Balaban J connectivity index is 0.925. The summed E-state index contributed by atoms with van der Waals surface area (Å²) in [6, 6.07) is -6.68. The SMILES string of the molecule is CC(=O)NC(CCC(=O)NCc1cn(CCO[C@@H]2O[C@H](CO)[C@@H](O)[C@H](O)[C@H]2NC(C)=O)nn1)C(=O)NCCCCCCCC(=O)NC(CCC(=O)NCc1cn(CCO[C@@H]2O[C@H](CO)[C@@H](O)[C@H](O)[C@H]2NC(C)=O)nn1)C(=O)NCCCCCCCC(=O)NC(CCC(=O)NCc1cn(CCO[C@@H]2O[C@H](CO)[C@@H](O)[C@H](O)[C@H]2NC(C)=O)nn1)C(=O)NCCCCCC(=O)NN. The van der Waals surface area contributed by atoms with Gasteiger partial charge in [0.25, 0.3) is 0 Å². The second-order valence-electron chi connectivity index (χ2n) is 31.6. The molecule has 3 aliphatic heterocycles. The number of hydrazine groups is 1. The molecule has 3 saturated heterocycles. The summed E-state index contributed by atoms with van der Waals surface area (Å²) in [7, 11) is 0. The van der Waals surface area contributed by atoms with Crippen LogP contribution in [0.15, 0.2) is 18.6 Å². The number of aliphatic hydroxyl groups is 9. The maximum absolute atomic E-state index is 13.8. The van der Waals surface area contributed by atoms with Crippen molar-refractivity contribution < 1.29 is 137 Å². The Kier molecular flexibility index (Phi) is 48.8. The molecule has 3 aliphatic rings. The molecule has 3 aromatic heterocycles. The number of carbonyl (C=O) groups is 13. The number of carbonyl (C=O) groups excluding carboxylic acids is 13. The number of rotatable bonds is 61. The van der Waals surface area contributed by atoms with Gasteiger partial charge < -0.3 is 138 Å². The van der Waals surface area contributed by atoms with Crippen LogP contribution in [0.1, 0.15) is 186 Å². The van der Waals surface area contributed by atoms with E-state index in [4.69, 9.17) is 34.3 Å². The van der Waals surface area contributed by atoms with E-state index in [1.807, 2.05) is 0 Å². The number of nitrogens with zero attached hydrogens (tertiary/aromatic N) is 9. The molecule has 51 heteroatoms. The Morgan fingerprint density at radius 3 is 0.930 bits per heavy atom. The largest absolute Gasteiger partial charge is 0.394 e. The highest BCUT2D eigenvalue weighted by Crippen LogP contribution is 2.26. The number of aromatic nitrogens is 9. The third-order valence-electron chi connectivity index (χ3n) is 21.0. The van der Waals surface area contributed by atoms with Crippen LogP contribution < -0.4 is 75.1 Å². The molecule has 0 aliphatic carbocycles. The summed E-state index contributed by atoms with van der Waals surface area (Å²) in [5.74, 6) is -1.00. The first-order valence-corrected chi connectivity index (χ1v) is 43.5. The molecular weight excluding hydrogens is 1710 g/mol. The van der Waals surface area contributed by atoms with Crippen molar-refractivity contribution in [2.24, 2.45) is 5.84 Å². The Hall–Kier alpha value is -10.1. The number of ether oxygens (including phenoxy) is 6. The molecule has 51 nitrogen and oxygen atoms in total. The molecule has 129 heavy (non-hydrogen) atoms. The number of hydrogen-bond acceptors (Lipinski definition) is 35. The van der Waals surface area contributed by atoms with E-state index < -0.39 is 201 Å². The van der Waals surface area contributed by atoms with Crippen molar-refractivity contribution in [3.8, 4) is 0 Å². The van der Waals surface area contributed by atoms with Crippen molar-refractivity contribution >= 4 is 76.8 Å². The molecular formula is C78H131N23O28. The van der Waals surface area contributed by atoms with Crippen LogP contribution in [0.2, 0.25) is 0 Å². The average Bonchev–Trinajstić information content (AvgIpc) is 1.41. The van der Waals surface area contributed by atoms with E-state index >= 15 is 0 Å². The number of nitrogens with two attached hydrogens (primary N) is 1. The number of unbranched alkanes of at least 4 members (excludes halogenated alkanes) is 10. The van der Waals surface area contributed by atoms with Gasteiger partial charge in [-0.1, -0.05) is 60.6 Å². The van der Waals surface area contributed by atoms with E-state index in [0.29, 0.717) is 101 Å². The molecule has 0 spiro atoms. The predicted molar refractivity (Wildman–Crippen MR) is 444 cm³/mol. The molecule has 3 unspecified atom stereocenters. The standard InChI is InChI=1S/C78H131N23O28/c1-45(105)86-52(21-24-58(109)83-36-49-39-99(96-93-49)30-33-124-76-64(87-46(2)106)70(118)67(115)55(42-102)127-76)73(121)80-27-15-9-5-7-12-18-61(112)90-53(22-25-59(110)84-37-50-40-100(97-94-50)31-34-125-77-65(88-47(3)107)71(119)68(116)56(43-103)128-77)74(122)81-28-16-10-6-8-13-19-62(113)91-54(75(123)82-29-17-11-14-20-63(114)92-79)23-26-60(111)85-38-51-41-101(98-95-51)32-35-126-78-66(89-48(4)108)72(120)69(117)57(44-104)129-78/h39-41,52-57,64-72,76-78,102-104,115-120H,5-38,42-44,79H2,1-4H3,(H,80,121)(H,81,122)(H,82,123)(H,83,109)(H,84,110)(H,85,111)(H,86,105)(H,87,106)(H,88,107)(H,89,108)(H,90,112)(H,91,113)(H,92,114)/t52?,53?,54?,55-,56-,57-,64-,65-,66-,67-,68-,69-,70-,71-,72-,76-,77-,78-/m1/s1. The average molecular weight is 1840 g/mol. The van der Waals surface area contributed by atoms with Gasteiger partial charge in [-0.25, -0.2) is 19.9 Å². The van der Waals surface area contributed by atoms with Gasteiger partial charge in [0.05, 0.1) is 97.5 Å². The molecule has 3 fully saturated rings. The minimum absolute atomic E-state index is 0.0289. The normalized spacial score (nSPS) is 22.6. The molecule has 726 valence electrons. The van der Waals surface area contributed by atoms with Gasteiger partial charge in [0.1, 0.15) is 108 Å². The smallest absolute Gasteiger partial charge is 0.242 e. The van der Waals surface area contributed by atoms with E-state index in [9.17, 15) is 108 Å². The second kappa shape index (κ2) is 58.5. The fraction of sp³-hybridized carbons (Fsp3) is 0.756. The fourth-order valence-electron chi connectivity index (χ4n) is 14.0. The van der Waals surface area contributed by atoms with Gasteiger partial charge in [-0.2, -0.15) is 0 Å². The lowest BCUT2D eigenvalue weighted by Gasteiger charge is -2.42. The van der Waals surface area contributed by atoms with Crippen molar-refractivity contribution in [1.29, 1.82) is 0 Å². The van der Waals surface area contributed by atoms with Crippen LogP contribution in [0.3, 0.4) is 0 Å². The predicted octanol–water partition coefficient (Wildman–Crippen LogP) is -9.01. The van der Waals surface area contributed by atoms with Gasteiger partial charge >= 0.3 is 0 Å². The monoisotopic (exact) mass is 1840 g/mol. The topological polar surface area (TPSA) is 734 Å². The van der Waals surface area contributed by atoms with Crippen molar-refractivity contribution in [3.05, 3.63) is 35.7 Å². The highest BCUT2D eigenvalue weighted by molar-refractivity contribution is 5.90. The summed E-state index contributed by atoms with van der Waals surface area (Å²) in [4.78, 5) is 166. The van der Waals surface area contributed by atoms with E-state index in [1.54, 1.807) is 0 Å². The zero-order valence-electron chi connectivity index (χ0n) is 73.2. The fourth-order valence-corrected chi connectivity index (χ4v) is 14.0. The first-order chi connectivity index (χ1) is 61.8. The van der Waals surface area contributed by atoms with Gasteiger partial charge in [-0.05, 0) is 57.8 Å². The Labute approximate surface area is 744 Å². The highest BCUT2D eigenvalue weighted by atomic mass is 16.7. The minimum atomic E-state index is -1.51. The molecule has 18 atom stereocenters. The molecule has 3 aromatic rings. The van der Waals surface area contributed by atoms with Gasteiger partial charge in [-0.3, -0.25) is 67.8 Å². The van der Waals surface area contributed by atoms with Crippen molar-refractivity contribution in [2.75, 3.05) is 59.3 Å². The number of amides is 13. The van der Waals surface area contributed by atoms with Crippen LogP contribution >= 0.6 is 0 Å². The Morgan fingerprint density at radius 1 is 0.364 bits per heavy atom. The zero-order valence-corrected chi connectivity index (χ0v) is 73.2. The van der Waals surface area contributed by atoms with E-state index in [-0.39, 0.29) is 142 Å². The molecule has 6 heterocycles. The summed E-state index contributed by atoms with van der Waals surface area (Å²) in [6.07, 6.45) is -4.67. The van der Waals surface area contributed by atoms with Crippen LogP contribution in [0.4, 0.5) is 0 Å². The van der Waals surface area contributed by atoms with Gasteiger partial charge in [0.15, 0.2) is 18.9 Å². The molecule has 0 bridgehead atoms. The minimum Gasteiger partial charge on any atom is -0.394 e. The van der Waals surface area contributed by atoms with Crippen molar-refractivity contribution in [3.63, 3.8) is 0 Å². The third kappa shape index (κ3) is 39.6. The highest BCUT2D eigenvalue weighted by Gasteiger charge is 2.48. The van der Waals surface area contributed by atoms with Gasteiger partial charge in [0.2, 0.25) is 76.8 Å². The quantitative estimate of drug-likeness (QED) is 0.0108. The summed E-state index contributed by atoms with van der Waals surface area (Å²) < 4.78 is 38.2. The lowest BCUT2D eigenvalue weighted by molar-refractivity contribution is -0.270. The van der Waals surface area contributed by atoms with Crippen molar-refractivity contribution in [1.82, 2.24) is 114 Å². The number of aliphatic hydroxyl groups excluding tert-OH is 9. The molecule has 13 amide bonds. The second-order valence-corrected chi connectivity index (χ2v) is 31.6. The summed E-state index contributed by atoms with van der Waals surface area (Å²) >= 11 is 0. The summed E-state index contributed by atoms with van der Waals surface area (Å²) in [6.45, 7) is 3.63. The van der Waals surface area contributed by atoms with E-state index in [1.165, 1.54) is 60.3 Å². The maximum atomic E-state index is 13.8. The van der Waals surface area contributed by atoms with Crippen LogP contribution in [-0.2, 0) is 130 Å². The van der Waals surface area contributed by atoms with Crippen molar-refractivity contribution in [2.45, 2.75) is 318 Å². The van der Waals surface area contributed by atoms with E-state index in [2.05, 4.69) is 100 Å². The Bertz CT molecular complexity index is 3980. The lowest BCUT2D eigenvalue weighted by Crippen LogP contribution is -2.64. The van der Waals surface area contributed by atoms with Crippen LogP contribution in [0.5, 0.6) is 0 Å². The molecule has 0 aromatic carbocycles. The van der Waals surface area contributed by atoms with Gasteiger partial charge in [0, 0.05) is 85.9 Å². The number of nitrogens with one attached hydrogen (secondary N) is 13. The van der Waals surface area contributed by atoms with Crippen LogP contribution in [0, 0.1) is 0 Å². The van der Waals surface area contributed by atoms with E-state index in [0.717, 1.165) is 0 Å². The first-order valence-electron chi connectivity index (χ1n) is 43.5. The first kappa shape index (κ1) is 108. The Morgan fingerprint density at radius 2 is 0.643 bits per heavy atom. The summed E-state index contributed by atoms with van der Waals surface area (Å²) in [5, 5.41) is 148. The van der Waals surface area contributed by atoms with Gasteiger partial charge in [-0.15, -0.1) is 15.3 Å². The van der Waals surface area contributed by atoms with Crippen LogP contribution in [0.25, 0.3) is 0 Å². The summed E-state index contributed by atoms with van der Waals surface area (Å²) in [5.41, 5.74) is 3.14. The maximum Gasteiger partial charge on any atom is 0.242 e. The number of hydrogen-bond donors (Lipinski definition) is 23. The molecule has 6 rings (SSSR count). The molecule has 0 saturated carbocycles. The lowest BCUT2D eigenvalue weighted by atomic mass is 9.97. The zero-order chi connectivity index (χ0) is 94.3. The molecule has 24 N–H and O–H groups in total. The molecule has 0 radical (unpaired) electrons.